The molecule has 1 aliphatic heterocycles. The van der Waals surface area contributed by atoms with Gasteiger partial charge in [0.15, 0.2) is 0 Å². The molecule has 1 aliphatic rings. The summed E-state index contributed by atoms with van der Waals surface area (Å²) in [6, 6.07) is 13.3. The first-order valence-corrected chi connectivity index (χ1v) is 10.1. The van der Waals surface area contributed by atoms with Crippen molar-refractivity contribution in [3.05, 3.63) is 59.7 Å². The molecule has 1 saturated heterocycles. The van der Waals surface area contributed by atoms with Crippen LogP contribution in [0.4, 0.5) is 5.69 Å². The number of benzene rings is 2. The highest BCUT2D eigenvalue weighted by molar-refractivity contribution is 7.92. The van der Waals surface area contributed by atoms with Crippen LogP contribution in [0.2, 0.25) is 0 Å². The van der Waals surface area contributed by atoms with E-state index in [9.17, 15) is 13.2 Å². The van der Waals surface area contributed by atoms with E-state index in [1.807, 2.05) is 6.92 Å². The van der Waals surface area contributed by atoms with Gasteiger partial charge >= 0.3 is 0 Å². The van der Waals surface area contributed by atoms with Gasteiger partial charge in [-0.1, -0.05) is 29.8 Å². The summed E-state index contributed by atoms with van der Waals surface area (Å²) in [5.41, 5.74) is 1.65. The maximum atomic E-state index is 12.9. The number of nitrogens with zero attached hydrogens (tertiary/aromatic N) is 1. The second-order valence-electron chi connectivity index (χ2n) is 6.36. The minimum atomic E-state index is -3.76. The van der Waals surface area contributed by atoms with Gasteiger partial charge in [0, 0.05) is 19.6 Å². The van der Waals surface area contributed by atoms with Gasteiger partial charge < -0.3 is 10.2 Å². The van der Waals surface area contributed by atoms with Crippen molar-refractivity contribution in [2.75, 3.05) is 30.9 Å². The highest BCUT2D eigenvalue weighted by Crippen LogP contribution is 2.22. The number of nitrogens with one attached hydrogen (secondary N) is 2. The Kier molecular flexibility index (Phi) is 7.24. The standard InChI is InChI=1S/C19H23N3O3S.ClH/c1-15-7-9-16(10-8-15)26(24,25)21-18-6-3-2-5-17(18)19(23)22-13-4-11-20-12-14-22;/h2-3,5-10,20-21H,4,11-14H2,1H3;1H. The molecular weight excluding hydrogens is 386 g/mol. The second kappa shape index (κ2) is 9.21. The first kappa shape index (κ1) is 21.2. The molecule has 3 rings (SSSR count). The lowest BCUT2D eigenvalue weighted by Gasteiger charge is -2.21. The zero-order valence-corrected chi connectivity index (χ0v) is 16.8. The van der Waals surface area contributed by atoms with E-state index in [4.69, 9.17) is 0 Å². The summed E-state index contributed by atoms with van der Waals surface area (Å²) >= 11 is 0. The van der Waals surface area contributed by atoms with Crippen LogP contribution >= 0.6 is 12.4 Å². The van der Waals surface area contributed by atoms with Crippen molar-refractivity contribution in [3.63, 3.8) is 0 Å². The number of aryl methyl sites for hydroxylation is 1. The van der Waals surface area contributed by atoms with Crippen LogP contribution in [-0.2, 0) is 10.0 Å². The van der Waals surface area contributed by atoms with Gasteiger partial charge in [0.05, 0.1) is 16.1 Å². The van der Waals surface area contributed by atoms with Crippen molar-refractivity contribution < 1.29 is 13.2 Å². The molecule has 2 N–H and O–H groups in total. The van der Waals surface area contributed by atoms with E-state index in [1.54, 1.807) is 53.4 Å². The Morgan fingerprint density at radius 2 is 1.74 bits per heavy atom. The predicted octanol–water partition coefficient (Wildman–Crippen LogP) is 2.65. The van der Waals surface area contributed by atoms with E-state index in [2.05, 4.69) is 10.0 Å². The lowest BCUT2D eigenvalue weighted by molar-refractivity contribution is 0.0767. The molecule has 0 radical (unpaired) electrons. The molecule has 0 saturated carbocycles. The van der Waals surface area contributed by atoms with E-state index < -0.39 is 10.0 Å². The van der Waals surface area contributed by atoms with Crippen LogP contribution in [0.3, 0.4) is 0 Å². The minimum absolute atomic E-state index is 0. The number of para-hydroxylation sites is 1. The zero-order chi connectivity index (χ0) is 18.6. The largest absolute Gasteiger partial charge is 0.337 e. The molecule has 1 fully saturated rings. The van der Waals surface area contributed by atoms with Gasteiger partial charge in [-0.2, -0.15) is 0 Å². The smallest absolute Gasteiger partial charge is 0.261 e. The Balaban J connectivity index is 0.00000261. The third-order valence-electron chi connectivity index (χ3n) is 4.36. The molecule has 0 atom stereocenters. The van der Waals surface area contributed by atoms with Gasteiger partial charge in [0.2, 0.25) is 0 Å². The number of carbonyl (C=O) groups excluding carboxylic acids is 1. The highest BCUT2D eigenvalue weighted by Gasteiger charge is 2.22. The summed E-state index contributed by atoms with van der Waals surface area (Å²) in [6.07, 6.45) is 0.878. The number of sulfonamides is 1. The molecule has 0 spiro atoms. The molecule has 27 heavy (non-hydrogen) atoms. The molecular formula is C19H24ClN3O3S. The van der Waals surface area contributed by atoms with Crippen LogP contribution in [0.25, 0.3) is 0 Å². The summed E-state index contributed by atoms with van der Waals surface area (Å²) in [5.74, 6) is -0.157. The highest BCUT2D eigenvalue weighted by atomic mass is 35.5. The van der Waals surface area contributed by atoms with Crippen molar-refractivity contribution >= 4 is 34.0 Å². The molecule has 8 heteroatoms. The van der Waals surface area contributed by atoms with E-state index in [-0.39, 0.29) is 23.2 Å². The molecule has 0 unspecified atom stereocenters. The van der Waals surface area contributed by atoms with Crippen molar-refractivity contribution in [1.29, 1.82) is 0 Å². The summed E-state index contributed by atoms with van der Waals surface area (Å²) in [7, 11) is -3.76. The van der Waals surface area contributed by atoms with Gasteiger partial charge in [-0.25, -0.2) is 8.42 Å². The number of halogens is 1. The van der Waals surface area contributed by atoms with Gasteiger partial charge in [-0.15, -0.1) is 12.4 Å². The predicted molar refractivity (Wildman–Crippen MR) is 109 cm³/mol. The lowest BCUT2D eigenvalue weighted by atomic mass is 10.1. The van der Waals surface area contributed by atoms with E-state index in [0.29, 0.717) is 24.3 Å². The Morgan fingerprint density at radius 3 is 2.48 bits per heavy atom. The topological polar surface area (TPSA) is 78.5 Å². The molecule has 1 amide bonds. The van der Waals surface area contributed by atoms with Crippen LogP contribution in [0, 0.1) is 6.92 Å². The molecule has 0 aromatic heterocycles. The number of amides is 1. The van der Waals surface area contributed by atoms with Crippen molar-refractivity contribution in [1.82, 2.24) is 10.2 Å². The first-order chi connectivity index (χ1) is 12.5. The van der Waals surface area contributed by atoms with Crippen LogP contribution in [0.1, 0.15) is 22.3 Å². The van der Waals surface area contributed by atoms with Crippen LogP contribution in [-0.4, -0.2) is 45.4 Å². The monoisotopic (exact) mass is 409 g/mol. The van der Waals surface area contributed by atoms with Crippen molar-refractivity contribution in [3.8, 4) is 0 Å². The fourth-order valence-corrected chi connectivity index (χ4v) is 3.98. The SMILES string of the molecule is Cc1ccc(S(=O)(=O)Nc2ccccc2C(=O)N2CCCNCC2)cc1.Cl. The normalized spacial score (nSPS) is 14.8. The summed E-state index contributed by atoms with van der Waals surface area (Å²) in [6.45, 7) is 4.78. The van der Waals surface area contributed by atoms with Crippen LogP contribution in [0.5, 0.6) is 0 Å². The minimum Gasteiger partial charge on any atom is -0.337 e. The third kappa shape index (κ3) is 5.22. The zero-order valence-electron chi connectivity index (χ0n) is 15.1. The van der Waals surface area contributed by atoms with E-state index >= 15 is 0 Å². The summed E-state index contributed by atoms with van der Waals surface area (Å²) in [5, 5.41) is 3.26. The number of hydrogen-bond donors (Lipinski definition) is 2. The fraction of sp³-hybridized carbons (Fsp3) is 0.316. The lowest BCUT2D eigenvalue weighted by Crippen LogP contribution is -2.34. The maximum absolute atomic E-state index is 12.9. The quantitative estimate of drug-likeness (QED) is 0.813. The molecule has 0 aliphatic carbocycles. The number of hydrogen-bond acceptors (Lipinski definition) is 4. The number of carbonyl (C=O) groups is 1. The Morgan fingerprint density at radius 1 is 1.04 bits per heavy atom. The summed E-state index contributed by atoms with van der Waals surface area (Å²) < 4.78 is 27.9. The molecule has 2 aromatic rings. The molecule has 1 heterocycles. The maximum Gasteiger partial charge on any atom is 0.261 e. The van der Waals surface area contributed by atoms with Gasteiger partial charge in [0.1, 0.15) is 0 Å². The Hall–Kier alpha value is -2.09. The average molecular weight is 410 g/mol. The van der Waals surface area contributed by atoms with E-state index in [0.717, 1.165) is 25.1 Å². The molecule has 6 nitrogen and oxygen atoms in total. The van der Waals surface area contributed by atoms with Crippen molar-refractivity contribution in [2.24, 2.45) is 0 Å². The van der Waals surface area contributed by atoms with E-state index in [1.165, 1.54) is 0 Å². The van der Waals surface area contributed by atoms with Gasteiger partial charge in [-0.05, 0) is 44.2 Å². The Labute approximate surface area is 166 Å². The van der Waals surface area contributed by atoms with Gasteiger partial charge in [-0.3, -0.25) is 9.52 Å². The number of anilines is 1. The van der Waals surface area contributed by atoms with Gasteiger partial charge in [0.25, 0.3) is 15.9 Å². The average Bonchev–Trinajstić information content (AvgIpc) is 2.91. The van der Waals surface area contributed by atoms with Crippen LogP contribution < -0.4 is 10.0 Å². The third-order valence-corrected chi connectivity index (χ3v) is 5.74. The Bertz CT molecular complexity index is 877. The fourth-order valence-electron chi connectivity index (χ4n) is 2.90. The van der Waals surface area contributed by atoms with Crippen LogP contribution in [0.15, 0.2) is 53.4 Å². The summed E-state index contributed by atoms with van der Waals surface area (Å²) in [4.78, 5) is 14.8. The second-order valence-corrected chi connectivity index (χ2v) is 8.04. The molecule has 0 bridgehead atoms. The first-order valence-electron chi connectivity index (χ1n) is 8.66. The number of rotatable bonds is 4. The molecule has 2 aromatic carbocycles. The molecule has 146 valence electrons. The van der Waals surface area contributed by atoms with Crippen molar-refractivity contribution in [2.45, 2.75) is 18.2 Å².